The number of aromatic nitrogens is 1. The molecule has 112 valence electrons. The molecule has 3 rings (SSSR count). The standard InChI is InChI=1S/C18H17ClN2S/c1-12(2)13-6-8-14(9-7-13)17-11-22-18(21-17)20-16-5-3-4-15(19)10-16/h3-12H,1-2H3,(H,20,21). The first kappa shape index (κ1) is 15.1. The fraction of sp³-hybridized carbons (Fsp3) is 0.167. The number of nitrogens with one attached hydrogen (secondary N) is 1. The lowest BCUT2D eigenvalue weighted by Crippen LogP contribution is -1.90. The minimum absolute atomic E-state index is 0.546. The number of halogens is 1. The number of hydrogen-bond acceptors (Lipinski definition) is 3. The quantitative estimate of drug-likeness (QED) is 0.605. The summed E-state index contributed by atoms with van der Waals surface area (Å²) >= 11 is 7.59. The molecule has 1 N–H and O–H groups in total. The Morgan fingerprint density at radius 3 is 2.55 bits per heavy atom. The van der Waals surface area contributed by atoms with E-state index in [0.29, 0.717) is 10.9 Å². The summed E-state index contributed by atoms with van der Waals surface area (Å²) in [7, 11) is 0. The van der Waals surface area contributed by atoms with Crippen LogP contribution in [0.15, 0.2) is 53.9 Å². The van der Waals surface area contributed by atoms with Gasteiger partial charge in [0.25, 0.3) is 0 Å². The van der Waals surface area contributed by atoms with Crippen LogP contribution in [0.1, 0.15) is 25.3 Å². The second-order valence-electron chi connectivity index (χ2n) is 5.45. The third-order valence-corrected chi connectivity index (χ3v) is 4.45. The van der Waals surface area contributed by atoms with Crippen molar-refractivity contribution in [2.75, 3.05) is 5.32 Å². The summed E-state index contributed by atoms with van der Waals surface area (Å²) < 4.78 is 0. The number of anilines is 2. The SMILES string of the molecule is CC(C)c1ccc(-c2csc(Nc3cccc(Cl)c3)n2)cc1. The van der Waals surface area contributed by atoms with E-state index in [1.54, 1.807) is 11.3 Å². The van der Waals surface area contributed by atoms with Crippen molar-refractivity contribution in [3.05, 3.63) is 64.5 Å². The zero-order valence-electron chi connectivity index (χ0n) is 12.5. The average Bonchev–Trinajstić information content (AvgIpc) is 2.96. The van der Waals surface area contributed by atoms with E-state index in [0.717, 1.165) is 22.1 Å². The van der Waals surface area contributed by atoms with Crippen LogP contribution in [0.5, 0.6) is 0 Å². The fourth-order valence-electron chi connectivity index (χ4n) is 2.19. The highest BCUT2D eigenvalue weighted by Crippen LogP contribution is 2.28. The molecule has 1 heterocycles. The van der Waals surface area contributed by atoms with Gasteiger partial charge in [0.15, 0.2) is 5.13 Å². The van der Waals surface area contributed by atoms with Crippen LogP contribution in [-0.4, -0.2) is 4.98 Å². The van der Waals surface area contributed by atoms with Crippen LogP contribution in [0.4, 0.5) is 10.8 Å². The molecule has 1 aromatic heterocycles. The molecule has 0 radical (unpaired) electrons. The molecule has 2 aromatic carbocycles. The molecular weight excluding hydrogens is 312 g/mol. The molecule has 0 amide bonds. The van der Waals surface area contributed by atoms with Gasteiger partial charge in [0.2, 0.25) is 0 Å². The van der Waals surface area contributed by atoms with Crippen LogP contribution < -0.4 is 5.32 Å². The maximum absolute atomic E-state index is 6.00. The topological polar surface area (TPSA) is 24.9 Å². The number of hydrogen-bond donors (Lipinski definition) is 1. The van der Waals surface area contributed by atoms with Gasteiger partial charge in [0.1, 0.15) is 0 Å². The van der Waals surface area contributed by atoms with Crippen molar-refractivity contribution in [1.82, 2.24) is 4.98 Å². The van der Waals surface area contributed by atoms with Crippen molar-refractivity contribution in [3.63, 3.8) is 0 Å². The third kappa shape index (κ3) is 3.49. The van der Waals surface area contributed by atoms with Crippen molar-refractivity contribution in [1.29, 1.82) is 0 Å². The van der Waals surface area contributed by atoms with Gasteiger partial charge in [-0.1, -0.05) is 55.8 Å². The Bertz CT molecular complexity index is 763. The molecule has 0 aliphatic heterocycles. The predicted octanol–water partition coefficient (Wildman–Crippen LogP) is 6.33. The van der Waals surface area contributed by atoms with Gasteiger partial charge in [-0.15, -0.1) is 11.3 Å². The van der Waals surface area contributed by atoms with Gasteiger partial charge in [-0.25, -0.2) is 4.98 Å². The fourth-order valence-corrected chi connectivity index (χ4v) is 3.12. The molecule has 0 aliphatic rings. The third-order valence-electron chi connectivity index (χ3n) is 3.45. The lowest BCUT2D eigenvalue weighted by atomic mass is 10.0. The van der Waals surface area contributed by atoms with Crippen LogP contribution in [0.25, 0.3) is 11.3 Å². The normalized spacial score (nSPS) is 10.9. The van der Waals surface area contributed by atoms with Crippen molar-refractivity contribution in [2.45, 2.75) is 19.8 Å². The van der Waals surface area contributed by atoms with E-state index in [1.165, 1.54) is 5.56 Å². The Kier molecular flexibility index (Phi) is 4.46. The number of rotatable bonds is 4. The molecule has 4 heteroatoms. The molecule has 0 aliphatic carbocycles. The van der Waals surface area contributed by atoms with Gasteiger partial charge in [-0.2, -0.15) is 0 Å². The molecule has 22 heavy (non-hydrogen) atoms. The van der Waals surface area contributed by atoms with Crippen molar-refractivity contribution >= 4 is 33.8 Å². The Hall–Kier alpha value is -1.84. The van der Waals surface area contributed by atoms with Crippen LogP contribution in [0.2, 0.25) is 5.02 Å². The highest BCUT2D eigenvalue weighted by molar-refractivity contribution is 7.14. The molecule has 0 bridgehead atoms. The summed E-state index contributed by atoms with van der Waals surface area (Å²) in [6, 6.07) is 16.2. The van der Waals surface area contributed by atoms with E-state index in [1.807, 2.05) is 24.3 Å². The van der Waals surface area contributed by atoms with Crippen LogP contribution in [-0.2, 0) is 0 Å². The van der Waals surface area contributed by atoms with Gasteiger partial charge >= 0.3 is 0 Å². The Labute approximate surface area is 139 Å². The van der Waals surface area contributed by atoms with E-state index in [9.17, 15) is 0 Å². The van der Waals surface area contributed by atoms with Crippen LogP contribution in [0, 0.1) is 0 Å². The maximum atomic E-state index is 6.00. The monoisotopic (exact) mass is 328 g/mol. The van der Waals surface area contributed by atoms with E-state index in [4.69, 9.17) is 11.6 Å². The van der Waals surface area contributed by atoms with Crippen molar-refractivity contribution in [3.8, 4) is 11.3 Å². The van der Waals surface area contributed by atoms with Crippen molar-refractivity contribution < 1.29 is 0 Å². The number of benzene rings is 2. The maximum Gasteiger partial charge on any atom is 0.187 e. The van der Waals surface area contributed by atoms with Gasteiger partial charge in [-0.3, -0.25) is 0 Å². The molecular formula is C18H17ClN2S. The Morgan fingerprint density at radius 1 is 1.09 bits per heavy atom. The predicted molar refractivity (Wildman–Crippen MR) is 96.4 cm³/mol. The lowest BCUT2D eigenvalue weighted by Gasteiger charge is -2.05. The summed E-state index contributed by atoms with van der Waals surface area (Å²) in [6.07, 6.45) is 0. The minimum atomic E-state index is 0.546. The molecule has 0 saturated heterocycles. The van der Waals surface area contributed by atoms with Crippen molar-refractivity contribution in [2.24, 2.45) is 0 Å². The highest BCUT2D eigenvalue weighted by atomic mass is 35.5. The molecule has 3 aromatic rings. The molecule has 0 spiro atoms. The zero-order valence-corrected chi connectivity index (χ0v) is 14.1. The average molecular weight is 329 g/mol. The molecule has 0 atom stereocenters. The van der Waals surface area contributed by atoms with Gasteiger partial charge in [0, 0.05) is 21.7 Å². The first-order valence-corrected chi connectivity index (χ1v) is 8.46. The summed E-state index contributed by atoms with van der Waals surface area (Å²) in [5.41, 5.74) is 4.42. The molecule has 0 saturated carbocycles. The minimum Gasteiger partial charge on any atom is -0.331 e. The van der Waals surface area contributed by atoms with Gasteiger partial charge < -0.3 is 5.32 Å². The summed E-state index contributed by atoms with van der Waals surface area (Å²) in [5, 5.41) is 6.93. The summed E-state index contributed by atoms with van der Waals surface area (Å²) in [6.45, 7) is 4.40. The van der Waals surface area contributed by atoms with Gasteiger partial charge in [0.05, 0.1) is 5.69 Å². The van der Waals surface area contributed by atoms with Crippen LogP contribution >= 0.6 is 22.9 Å². The number of nitrogens with zero attached hydrogens (tertiary/aromatic N) is 1. The largest absolute Gasteiger partial charge is 0.331 e. The molecule has 0 unspecified atom stereocenters. The first-order chi connectivity index (χ1) is 10.6. The lowest BCUT2D eigenvalue weighted by molar-refractivity contribution is 0.867. The Morgan fingerprint density at radius 2 is 1.86 bits per heavy atom. The van der Waals surface area contributed by atoms with E-state index in [-0.39, 0.29) is 0 Å². The second-order valence-corrected chi connectivity index (χ2v) is 6.74. The summed E-state index contributed by atoms with van der Waals surface area (Å²) in [4.78, 5) is 4.64. The zero-order chi connectivity index (χ0) is 15.5. The summed E-state index contributed by atoms with van der Waals surface area (Å²) in [5.74, 6) is 0.546. The molecule has 2 nitrogen and oxygen atoms in total. The highest BCUT2D eigenvalue weighted by Gasteiger charge is 2.06. The van der Waals surface area contributed by atoms with Crippen LogP contribution in [0.3, 0.4) is 0 Å². The van der Waals surface area contributed by atoms with E-state index >= 15 is 0 Å². The number of thiazole rings is 1. The Balaban J connectivity index is 1.78. The first-order valence-electron chi connectivity index (χ1n) is 7.20. The van der Waals surface area contributed by atoms with E-state index < -0.39 is 0 Å². The molecule has 0 fully saturated rings. The smallest absolute Gasteiger partial charge is 0.187 e. The van der Waals surface area contributed by atoms with E-state index in [2.05, 4.69) is 53.8 Å². The van der Waals surface area contributed by atoms with Gasteiger partial charge in [-0.05, 0) is 29.7 Å². The second kappa shape index (κ2) is 6.51.